The Morgan fingerprint density at radius 3 is 2.10 bits per heavy atom. The number of benzene rings is 1. The third kappa shape index (κ3) is 4.13. The van der Waals surface area contributed by atoms with E-state index in [0.29, 0.717) is 22.8 Å². The first-order valence-corrected chi connectivity index (χ1v) is 7.66. The van der Waals surface area contributed by atoms with Crippen LogP contribution in [0.25, 0.3) is 0 Å². The number of ketones is 1. The Morgan fingerprint density at radius 1 is 1.10 bits per heavy atom. The van der Waals surface area contributed by atoms with Gasteiger partial charge in [0.1, 0.15) is 0 Å². The smallest absolute Gasteiger partial charge is 0.204 e. The first kappa shape index (κ1) is 16.8. The van der Waals surface area contributed by atoms with Gasteiger partial charge in [-0.1, -0.05) is 15.9 Å². The molecule has 0 saturated heterocycles. The number of rotatable bonds is 7. The van der Waals surface area contributed by atoms with Gasteiger partial charge in [0.2, 0.25) is 5.75 Å². The van der Waals surface area contributed by atoms with Crippen LogP contribution in [0, 0.1) is 0 Å². The third-order valence-electron chi connectivity index (χ3n) is 2.42. The maximum absolute atomic E-state index is 12.0. The van der Waals surface area contributed by atoms with Crippen molar-refractivity contribution in [3.63, 3.8) is 0 Å². The van der Waals surface area contributed by atoms with Crippen LogP contribution in [0.3, 0.4) is 0 Å². The van der Waals surface area contributed by atoms with Gasteiger partial charge in [-0.25, -0.2) is 0 Å². The molecule has 0 spiro atoms. The average molecular weight is 345 g/mol. The van der Waals surface area contributed by atoms with Crippen molar-refractivity contribution in [2.45, 2.75) is 39.9 Å². The number of halogens is 1. The number of carbonyl (C=O) groups excluding carboxylic acids is 1. The zero-order valence-electron chi connectivity index (χ0n) is 12.5. The van der Waals surface area contributed by atoms with Gasteiger partial charge in [0.05, 0.1) is 30.2 Å². The summed E-state index contributed by atoms with van der Waals surface area (Å²) in [5.74, 6) is 1.41. The maximum atomic E-state index is 12.0. The number of Topliss-reactive ketones (excluding diaryl/α,β-unsaturated/α-hetero) is 1. The zero-order chi connectivity index (χ0) is 15.3. The van der Waals surface area contributed by atoms with Gasteiger partial charge in [-0.3, -0.25) is 4.79 Å². The normalized spacial score (nSPS) is 10.8. The van der Waals surface area contributed by atoms with Crippen molar-refractivity contribution in [3.8, 4) is 17.2 Å². The summed E-state index contributed by atoms with van der Waals surface area (Å²) in [4.78, 5) is 12.0. The van der Waals surface area contributed by atoms with Gasteiger partial charge in [0.25, 0.3) is 0 Å². The number of hydrogen-bond acceptors (Lipinski definition) is 4. The molecular weight excluding hydrogens is 324 g/mol. The second-order valence-electron chi connectivity index (χ2n) is 4.86. The SMILES string of the molecule is COc1ccc(C(=O)CBr)c(OC(C)C)c1OC(C)C. The minimum atomic E-state index is -0.0708. The Bertz CT molecular complexity index is 469. The molecule has 0 heterocycles. The van der Waals surface area contributed by atoms with Crippen molar-refractivity contribution in [2.24, 2.45) is 0 Å². The van der Waals surface area contributed by atoms with E-state index in [4.69, 9.17) is 14.2 Å². The molecule has 0 aliphatic carbocycles. The van der Waals surface area contributed by atoms with Crippen molar-refractivity contribution < 1.29 is 19.0 Å². The summed E-state index contributed by atoms with van der Waals surface area (Å²) in [6.45, 7) is 7.64. The van der Waals surface area contributed by atoms with E-state index in [9.17, 15) is 4.79 Å². The monoisotopic (exact) mass is 344 g/mol. The van der Waals surface area contributed by atoms with Gasteiger partial charge in [-0.05, 0) is 39.8 Å². The van der Waals surface area contributed by atoms with Crippen molar-refractivity contribution >= 4 is 21.7 Å². The Kier molecular flexibility index (Phi) is 6.33. The number of hydrogen-bond donors (Lipinski definition) is 0. The molecule has 1 rings (SSSR count). The van der Waals surface area contributed by atoms with Crippen LogP contribution in [0.2, 0.25) is 0 Å². The van der Waals surface area contributed by atoms with Crippen LogP contribution < -0.4 is 14.2 Å². The summed E-state index contributed by atoms with van der Waals surface area (Å²) in [5, 5.41) is 0.231. The first-order chi connectivity index (χ1) is 9.40. The molecule has 0 aliphatic heterocycles. The Morgan fingerprint density at radius 2 is 1.65 bits per heavy atom. The van der Waals surface area contributed by atoms with Crippen LogP contribution >= 0.6 is 15.9 Å². The Hall–Kier alpha value is -1.23. The Balaban J connectivity index is 3.42. The molecule has 0 amide bonds. The molecule has 0 aromatic heterocycles. The second-order valence-corrected chi connectivity index (χ2v) is 5.42. The lowest BCUT2D eigenvalue weighted by molar-refractivity contribution is 0.101. The van der Waals surface area contributed by atoms with Gasteiger partial charge in [-0.2, -0.15) is 0 Å². The van der Waals surface area contributed by atoms with Gasteiger partial charge in [-0.15, -0.1) is 0 Å². The predicted octanol–water partition coefficient (Wildman–Crippen LogP) is 3.85. The molecule has 20 heavy (non-hydrogen) atoms. The van der Waals surface area contributed by atoms with Crippen LogP contribution in [-0.2, 0) is 0 Å². The van der Waals surface area contributed by atoms with Crippen LogP contribution in [-0.4, -0.2) is 30.4 Å². The van der Waals surface area contributed by atoms with E-state index in [-0.39, 0.29) is 23.3 Å². The van der Waals surface area contributed by atoms with Crippen molar-refractivity contribution in [2.75, 3.05) is 12.4 Å². The summed E-state index contributed by atoms with van der Waals surface area (Å²) in [6.07, 6.45) is -0.119. The molecule has 0 radical (unpaired) electrons. The lowest BCUT2D eigenvalue weighted by Crippen LogP contribution is -2.15. The van der Waals surface area contributed by atoms with Crippen molar-refractivity contribution in [3.05, 3.63) is 17.7 Å². The molecule has 0 N–H and O–H groups in total. The van der Waals surface area contributed by atoms with E-state index in [1.807, 2.05) is 27.7 Å². The van der Waals surface area contributed by atoms with Crippen molar-refractivity contribution in [1.82, 2.24) is 0 Å². The van der Waals surface area contributed by atoms with E-state index >= 15 is 0 Å². The first-order valence-electron chi connectivity index (χ1n) is 6.54. The maximum Gasteiger partial charge on any atom is 0.204 e. The fraction of sp³-hybridized carbons (Fsp3) is 0.533. The largest absolute Gasteiger partial charge is 0.493 e. The average Bonchev–Trinajstić information content (AvgIpc) is 2.38. The highest BCUT2D eigenvalue weighted by molar-refractivity contribution is 9.09. The van der Waals surface area contributed by atoms with E-state index in [1.165, 1.54) is 0 Å². The molecule has 0 atom stereocenters. The highest BCUT2D eigenvalue weighted by Gasteiger charge is 2.22. The van der Waals surface area contributed by atoms with Crippen LogP contribution in [0.5, 0.6) is 17.2 Å². The van der Waals surface area contributed by atoms with Crippen LogP contribution in [0.15, 0.2) is 12.1 Å². The molecule has 112 valence electrons. The number of carbonyl (C=O) groups is 1. The highest BCUT2D eigenvalue weighted by Crippen LogP contribution is 2.41. The summed E-state index contributed by atoms with van der Waals surface area (Å²) in [6, 6.07) is 3.42. The van der Waals surface area contributed by atoms with E-state index in [0.717, 1.165) is 0 Å². The minimum absolute atomic E-state index is 0.0484. The van der Waals surface area contributed by atoms with Crippen LogP contribution in [0.4, 0.5) is 0 Å². The molecule has 1 aromatic carbocycles. The fourth-order valence-electron chi connectivity index (χ4n) is 1.70. The van der Waals surface area contributed by atoms with Crippen LogP contribution in [0.1, 0.15) is 38.1 Å². The van der Waals surface area contributed by atoms with E-state index in [2.05, 4.69) is 15.9 Å². The zero-order valence-corrected chi connectivity index (χ0v) is 14.1. The quantitative estimate of drug-likeness (QED) is 0.556. The molecular formula is C15H21BrO4. The molecule has 0 fully saturated rings. The second kappa shape index (κ2) is 7.53. The molecule has 0 saturated carbocycles. The minimum Gasteiger partial charge on any atom is -0.493 e. The molecule has 5 heteroatoms. The summed E-state index contributed by atoms with van der Waals surface area (Å²) >= 11 is 3.19. The fourth-order valence-corrected chi connectivity index (χ4v) is 2.00. The third-order valence-corrected chi connectivity index (χ3v) is 2.93. The molecule has 1 aromatic rings. The standard InChI is InChI=1S/C15H21BrO4/c1-9(2)19-14-11(12(17)8-16)6-7-13(18-5)15(14)20-10(3)4/h6-7,9-10H,8H2,1-5H3. The van der Waals surface area contributed by atoms with Gasteiger partial charge in [0, 0.05) is 0 Å². The van der Waals surface area contributed by atoms with E-state index < -0.39 is 0 Å². The predicted molar refractivity (Wildman–Crippen MR) is 82.6 cm³/mol. The van der Waals surface area contributed by atoms with Gasteiger partial charge in [0.15, 0.2) is 17.3 Å². The number of alkyl halides is 1. The molecule has 4 nitrogen and oxygen atoms in total. The highest BCUT2D eigenvalue weighted by atomic mass is 79.9. The summed E-state index contributed by atoms with van der Waals surface area (Å²) < 4.78 is 16.9. The lowest BCUT2D eigenvalue weighted by atomic mass is 10.1. The van der Waals surface area contributed by atoms with Crippen molar-refractivity contribution in [1.29, 1.82) is 0 Å². The van der Waals surface area contributed by atoms with E-state index in [1.54, 1.807) is 19.2 Å². The molecule has 0 aliphatic rings. The lowest BCUT2D eigenvalue weighted by Gasteiger charge is -2.21. The van der Waals surface area contributed by atoms with Gasteiger partial charge >= 0.3 is 0 Å². The Labute approximate surface area is 128 Å². The molecule has 0 unspecified atom stereocenters. The summed E-state index contributed by atoms with van der Waals surface area (Å²) in [5.41, 5.74) is 0.493. The topological polar surface area (TPSA) is 44.8 Å². The summed E-state index contributed by atoms with van der Waals surface area (Å²) in [7, 11) is 1.56. The number of methoxy groups -OCH3 is 1. The van der Waals surface area contributed by atoms with Gasteiger partial charge < -0.3 is 14.2 Å². The molecule has 0 bridgehead atoms. The number of ether oxygens (including phenoxy) is 3.